The second-order valence-corrected chi connectivity index (χ2v) is 4.49. The number of methoxy groups -OCH3 is 1. The minimum Gasteiger partial charge on any atom is -0.463 e. The fraction of sp³-hybridized carbons (Fsp3) is 0.615. The first-order valence-electron chi connectivity index (χ1n) is 6.02. The number of carbonyl (C=O) groups excluding carboxylic acids is 1. The van der Waals surface area contributed by atoms with Gasteiger partial charge in [0.15, 0.2) is 0 Å². The van der Waals surface area contributed by atoms with Gasteiger partial charge in [0, 0.05) is 6.54 Å². The van der Waals surface area contributed by atoms with Crippen LogP contribution in [0.25, 0.3) is 0 Å². The van der Waals surface area contributed by atoms with Crippen LogP contribution in [0.3, 0.4) is 0 Å². The van der Waals surface area contributed by atoms with E-state index in [1.54, 1.807) is 19.1 Å². The molecule has 0 amide bonds. The topological polar surface area (TPSA) is 62.9 Å². The molecule has 0 radical (unpaired) electrons. The highest BCUT2D eigenvalue weighted by Crippen LogP contribution is 2.21. The third-order valence-corrected chi connectivity index (χ3v) is 2.99. The van der Waals surface area contributed by atoms with Crippen LogP contribution in [0, 0.1) is 0 Å². The Hall–Kier alpha value is -1.33. The van der Waals surface area contributed by atoms with Gasteiger partial charge in [-0.15, -0.1) is 0 Å². The second-order valence-electron chi connectivity index (χ2n) is 4.49. The molecule has 5 nitrogen and oxygen atoms in total. The van der Waals surface area contributed by atoms with E-state index in [9.17, 15) is 9.90 Å². The molecule has 1 rings (SSSR count). The van der Waals surface area contributed by atoms with E-state index in [0.29, 0.717) is 12.2 Å². The van der Waals surface area contributed by atoms with Crippen molar-refractivity contribution in [1.29, 1.82) is 0 Å². The number of aliphatic hydroxyl groups excluding tert-OH is 1. The van der Waals surface area contributed by atoms with Gasteiger partial charge in [0.2, 0.25) is 5.76 Å². The molecule has 1 aromatic heterocycles. The van der Waals surface area contributed by atoms with Crippen LogP contribution in [0.5, 0.6) is 0 Å². The largest absolute Gasteiger partial charge is 0.463 e. The number of rotatable bonds is 6. The van der Waals surface area contributed by atoms with Gasteiger partial charge in [0.25, 0.3) is 0 Å². The summed E-state index contributed by atoms with van der Waals surface area (Å²) in [6, 6.07) is 3.43. The van der Waals surface area contributed by atoms with Crippen molar-refractivity contribution in [2.24, 2.45) is 0 Å². The van der Waals surface area contributed by atoms with Crippen LogP contribution in [0.15, 0.2) is 16.5 Å². The number of nitrogens with zero attached hydrogens (tertiary/aromatic N) is 1. The summed E-state index contributed by atoms with van der Waals surface area (Å²) in [7, 11) is 3.27. The van der Waals surface area contributed by atoms with Crippen molar-refractivity contribution in [1.82, 2.24) is 4.90 Å². The van der Waals surface area contributed by atoms with Gasteiger partial charge in [-0.2, -0.15) is 0 Å². The maximum Gasteiger partial charge on any atom is 0.373 e. The number of hydrogen-bond donors (Lipinski definition) is 1. The summed E-state index contributed by atoms with van der Waals surface area (Å²) in [5.41, 5.74) is 0. The van der Waals surface area contributed by atoms with Gasteiger partial charge in [-0.1, -0.05) is 0 Å². The smallest absolute Gasteiger partial charge is 0.373 e. The van der Waals surface area contributed by atoms with Crippen molar-refractivity contribution in [2.75, 3.05) is 20.7 Å². The Kier molecular flexibility index (Phi) is 5.37. The van der Waals surface area contributed by atoms with Crippen LogP contribution in [0.2, 0.25) is 0 Å². The molecule has 0 aliphatic carbocycles. The summed E-state index contributed by atoms with van der Waals surface area (Å²) in [6.07, 6.45) is 0.382. The minimum atomic E-state index is -0.472. The van der Waals surface area contributed by atoms with E-state index in [4.69, 9.17) is 4.42 Å². The lowest BCUT2D eigenvalue weighted by Crippen LogP contribution is -2.25. The van der Waals surface area contributed by atoms with E-state index < -0.39 is 5.97 Å². The number of hydrogen-bond acceptors (Lipinski definition) is 5. The zero-order chi connectivity index (χ0) is 13.7. The van der Waals surface area contributed by atoms with Crippen molar-refractivity contribution < 1.29 is 19.1 Å². The number of esters is 1. The van der Waals surface area contributed by atoms with Gasteiger partial charge < -0.3 is 14.3 Å². The molecule has 0 aliphatic rings. The van der Waals surface area contributed by atoms with Crippen LogP contribution in [-0.4, -0.2) is 42.8 Å². The van der Waals surface area contributed by atoms with Gasteiger partial charge in [-0.05, 0) is 39.4 Å². The molecule has 0 fully saturated rings. The summed E-state index contributed by atoms with van der Waals surface area (Å²) >= 11 is 0. The average molecular weight is 255 g/mol. The lowest BCUT2D eigenvalue weighted by molar-refractivity contribution is 0.0559. The molecule has 0 aliphatic heterocycles. The van der Waals surface area contributed by atoms with Crippen LogP contribution < -0.4 is 0 Å². The quantitative estimate of drug-likeness (QED) is 0.786. The van der Waals surface area contributed by atoms with Gasteiger partial charge in [0.1, 0.15) is 5.76 Å². The predicted octanol–water partition coefficient (Wildman–Crippen LogP) is 1.83. The fourth-order valence-corrected chi connectivity index (χ4v) is 1.59. The minimum absolute atomic E-state index is 0.0437. The van der Waals surface area contributed by atoms with Crippen LogP contribution in [0.4, 0.5) is 0 Å². The van der Waals surface area contributed by atoms with Gasteiger partial charge in [-0.25, -0.2) is 4.79 Å². The third-order valence-electron chi connectivity index (χ3n) is 2.99. The molecule has 0 saturated heterocycles. The maximum absolute atomic E-state index is 11.3. The van der Waals surface area contributed by atoms with E-state index in [1.807, 2.05) is 14.0 Å². The molecular formula is C13H21NO4. The van der Waals surface area contributed by atoms with Crippen molar-refractivity contribution in [2.45, 2.75) is 32.4 Å². The van der Waals surface area contributed by atoms with E-state index in [0.717, 1.165) is 6.54 Å². The highest BCUT2D eigenvalue weighted by molar-refractivity contribution is 5.86. The summed E-state index contributed by atoms with van der Waals surface area (Å²) in [5, 5.41) is 9.25. The van der Waals surface area contributed by atoms with Crippen molar-refractivity contribution >= 4 is 5.97 Å². The van der Waals surface area contributed by atoms with Gasteiger partial charge in [0.05, 0.1) is 19.3 Å². The molecule has 2 atom stereocenters. The van der Waals surface area contributed by atoms with Crippen molar-refractivity contribution in [3.8, 4) is 0 Å². The zero-order valence-electron chi connectivity index (χ0n) is 11.3. The molecule has 102 valence electrons. The molecule has 1 N–H and O–H groups in total. The second kappa shape index (κ2) is 6.56. The first-order valence-corrected chi connectivity index (χ1v) is 6.02. The number of ether oxygens (including phenoxy) is 1. The zero-order valence-corrected chi connectivity index (χ0v) is 11.3. The first kappa shape index (κ1) is 14.7. The molecule has 18 heavy (non-hydrogen) atoms. The molecule has 0 bridgehead atoms. The Morgan fingerprint density at radius 1 is 1.50 bits per heavy atom. The van der Waals surface area contributed by atoms with Crippen LogP contribution in [-0.2, 0) is 4.74 Å². The van der Waals surface area contributed by atoms with Crippen molar-refractivity contribution in [3.63, 3.8) is 0 Å². The highest BCUT2D eigenvalue weighted by Gasteiger charge is 2.18. The SMILES string of the molecule is COC(=O)c1ccc(C(C)N(C)CCC(C)O)o1. The molecule has 0 saturated carbocycles. The fourth-order valence-electron chi connectivity index (χ4n) is 1.59. The van der Waals surface area contributed by atoms with Gasteiger partial charge in [-0.3, -0.25) is 4.90 Å². The molecule has 5 heteroatoms. The number of aliphatic hydroxyl groups is 1. The number of carbonyl (C=O) groups is 1. The van der Waals surface area contributed by atoms with Crippen LogP contribution in [0.1, 0.15) is 42.6 Å². The Balaban J connectivity index is 2.63. The predicted molar refractivity (Wildman–Crippen MR) is 67.4 cm³/mol. The Morgan fingerprint density at radius 2 is 2.17 bits per heavy atom. The summed E-state index contributed by atoms with van der Waals surface area (Å²) in [4.78, 5) is 13.3. The molecule has 2 unspecified atom stereocenters. The summed E-state index contributed by atoms with van der Waals surface area (Å²) in [6.45, 7) is 4.51. The standard InChI is InChI=1S/C13H21NO4/c1-9(15)7-8-14(3)10(2)11-5-6-12(18-11)13(16)17-4/h5-6,9-10,15H,7-8H2,1-4H3. The van der Waals surface area contributed by atoms with E-state index >= 15 is 0 Å². The molecular weight excluding hydrogens is 234 g/mol. The van der Waals surface area contributed by atoms with E-state index in [2.05, 4.69) is 9.64 Å². The third kappa shape index (κ3) is 3.85. The Labute approximate surface area is 107 Å². The lowest BCUT2D eigenvalue weighted by atomic mass is 10.2. The highest BCUT2D eigenvalue weighted by atomic mass is 16.5. The summed E-state index contributed by atoms with van der Waals surface area (Å²) in [5.74, 6) is 0.451. The van der Waals surface area contributed by atoms with E-state index in [1.165, 1.54) is 7.11 Å². The molecule has 0 aromatic carbocycles. The summed E-state index contributed by atoms with van der Waals surface area (Å²) < 4.78 is 10.0. The molecule has 0 spiro atoms. The first-order chi connectivity index (χ1) is 8.45. The number of furan rings is 1. The average Bonchev–Trinajstić information content (AvgIpc) is 2.83. The monoisotopic (exact) mass is 255 g/mol. The van der Waals surface area contributed by atoms with Crippen LogP contribution >= 0.6 is 0 Å². The lowest BCUT2D eigenvalue weighted by Gasteiger charge is -2.23. The van der Waals surface area contributed by atoms with E-state index in [-0.39, 0.29) is 17.9 Å². The maximum atomic E-state index is 11.3. The molecule has 1 aromatic rings. The Bertz CT molecular complexity index is 386. The Morgan fingerprint density at radius 3 is 2.72 bits per heavy atom. The molecule has 1 heterocycles. The van der Waals surface area contributed by atoms with Crippen molar-refractivity contribution in [3.05, 3.63) is 23.7 Å². The normalized spacial score (nSPS) is 14.6. The van der Waals surface area contributed by atoms with Gasteiger partial charge >= 0.3 is 5.97 Å².